The van der Waals surface area contributed by atoms with Gasteiger partial charge in [-0.15, -0.1) is 0 Å². The number of hydrogen-bond donors (Lipinski definition) is 0. The van der Waals surface area contributed by atoms with Gasteiger partial charge in [0.15, 0.2) is 0 Å². The summed E-state index contributed by atoms with van der Waals surface area (Å²) in [5, 5.41) is 2.67. The van der Waals surface area contributed by atoms with E-state index in [1.807, 2.05) is 0 Å². The van der Waals surface area contributed by atoms with E-state index in [0.29, 0.717) is 11.3 Å². The monoisotopic (exact) mass is 432 g/mol. The van der Waals surface area contributed by atoms with Gasteiger partial charge in [0.05, 0.1) is 6.10 Å². The summed E-state index contributed by atoms with van der Waals surface area (Å²) in [7, 11) is -2.52. The fraction of sp³-hybridized carbons (Fsp3) is 0.448. The highest BCUT2D eigenvalue weighted by atomic mass is 28.4. The van der Waals surface area contributed by atoms with E-state index in [1.165, 1.54) is 28.8 Å². The van der Waals surface area contributed by atoms with Crippen molar-refractivity contribution in [3.8, 4) is 0 Å². The van der Waals surface area contributed by atoms with Gasteiger partial charge in [-0.2, -0.15) is 0 Å². The Morgan fingerprint density at radius 2 is 1.48 bits per heavy atom. The smallest absolute Gasteiger partial charge is 0.261 e. The van der Waals surface area contributed by atoms with Crippen LogP contribution < -0.4 is 10.4 Å². The predicted octanol–water partition coefficient (Wildman–Crippen LogP) is 6.89. The number of hydrogen-bond acceptors (Lipinski definition) is 1. The van der Waals surface area contributed by atoms with E-state index in [1.54, 1.807) is 0 Å². The molecule has 1 aliphatic rings. The highest BCUT2D eigenvalue weighted by Crippen LogP contribution is 2.42. The van der Waals surface area contributed by atoms with Crippen LogP contribution in [0.15, 0.2) is 84.5 Å². The zero-order valence-electron chi connectivity index (χ0n) is 20.5. The lowest BCUT2D eigenvalue weighted by Crippen LogP contribution is -2.67. The predicted molar refractivity (Wildman–Crippen MR) is 138 cm³/mol. The minimum absolute atomic E-state index is 0.00225. The number of rotatable bonds is 6. The van der Waals surface area contributed by atoms with Gasteiger partial charge in [-0.05, 0) is 47.5 Å². The third-order valence-corrected chi connectivity index (χ3v) is 12.1. The van der Waals surface area contributed by atoms with Crippen LogP contribution in [0.1, 0.15) is 61.3 Å². The maximum absolute atomic E-state index is 7.20. The van der Waals surface area contributed by atoms with Crippen LogP contribution in [-0.4, -0.2) is 14.4 Å². The lowest BCUT2D eigenvalue weighted by atomic mass is 9.68. The first-order chi connectivity index (χ1) is 14.6. The minimum atomic E-state index is -2.52. The molecule has 1 unspecified atom stereocenters. The van der Waals surface area contributed by atoms with Gasteiger partial charge in [-0.3, -0.25) is 0 Å². The van der Waals surface area contributed by atoms with Crippen molar-refractivity contribution in [2.75, 3.05) is 0 Å². The van der Waals surface area contributed by atoms with E-state index < -0.39 is 8.32 Å². The van der Waals surface area contributed by atoms with Crippen LogP contribution in [0.4, 0.5) is 0 Å². The quantitative estimate of drug-likeness (QED) is 0.357. The molecule has 0 saturated carbocycles. The molecule has 2 atom stereocenters. The fourth-order valence-electron chi connectivity index (χ4n) is 5.26. The Bertz CT molecular complexity index is 863. The molecule has 0 aromatic heterocycles. The minimum Gasteiger partial charge on any atom is -0.401 e. The number of benzene rings is 2. The van der Waals surface area contributed by atoms with Crippen molar-refractivity contribution in [1.29, 1.82) is 0 Å². The Morgan fingerprint density at radius 3 is 1.94 bits per heavy atom. The Balaban J connectivity index is 2.01. The van der Waals surface area contributed by atoms with Crippen LogP contribution in [0.5, 0.6) is 0 Å². The highest BCUT2D eigenvalue weighted by molar-refractivity contribution is 6.99. The molecule has 0 spiro atoms. The summed E-state index contributed by atoms with van der Waals surface area (Å²) in [5.74, 6) is 0.478. The topological polar surface area (TPSA) is 9.23 Å². The van der Waals surface area contributed by atoms with Gasteiger partial charge in [-0.1, -0.05) is 119 Å². The lowest BCUT2D eigenvalue weighted by Gasteiger charge is -2.44. The molecule has 0 aliphatic heterocycles. The summed E-state index contributed by atoms with van der Waals surface area (Å²) >= 11 is 0. The second kappa shape index (κ2) is 9.30. The van der Waals surface area contributed by atoms with Crippen LogP contribution in [0.3, 0.4) is 0 Å². The van der Waals surface area contributed by atoms with Crippen LogP contribution in [-0.2, 0) is 4.43 Å². The molecule has 31 heavy (non-hydrogen) atoms. The van der Waals surface area contributed by atoms with Gasteiger partial charge >= 0.3 is 0 Å². The van der Waals surface area contributed by atoms with E-state index in [0.717, 1.165) is 0 Å². The summed E-state index contributed by atoms with van der Waals surface area (Å²) in [4.78, 5) is 0. The van der Waals surface area contributed by atoms with E-state index >= 15 is 0 Å². The maximum Gasteiger partial charge on any atom is 0.261 e. The summed E-state index contributed by atoms with van der Waals surface area (Å²) in [5.41, 5.74) is 1.79. The fourth-order valence-corrected chi connectivity index (χ4v) is 9.91. The van der Waals surface area contributed by atoms with Crippen molar-refractivity contribution < 1.29 is 4.43 Å². The Kier molecular flexibility index (Phi) is 7.13. The molecule has 2 aromatic carbocycles. The SMILES string of the molecule is CC1=CCCC(C)(C)[C@@H]1/C=C/C(C)O[Si](c1ccccc1)(c1ccccc1)C(C)(C)C. The molecule has 0 heterocycles. The van der Waals surface area contributed by atoms with Crippen LogP contribution in [0.2, 0.25) is 5.04 Å². The van der Waals surface area contributed by atoms with E-state index in [4.69, 9.17) is 4.43 Å². The van der Waals surface area contributed by atoms with Crippen molar-refractivity contribution in [2.24, 2.45) is 11.3 Å². The average molecular weight is 433 g/mol. The van der Waals surface area contributed by atoms with Gasteiger partial charge in [0.25, 0.3) is 8.32 Å². The molecule has 0 bridgehead atoms. The molecule has 0 saturated heterocycles. The Morgan fingerprint density at radius 1 is 0.968 bits per heavy atom. The lowest BCUT2D eigenvalue weighted by molar-refractivity contribution is 0.240. The van der Waals surface area contributed by atoms with Crippen molar-refractivity contribution >= 4 is 18.7 Å². The second-order valence-corrected chi connectivity index (χ2v) is 15.1. The zero-order chi connectivity index (χ0) is 22.7. The molecule has 166 valence electrons. The molecule has 1 aliphatic carbocycles. The molecule has 3 rings (SSSR count). The van der Waals surface area contributed by atoms with E-state index in [9.17, 15) is 0 Å². The Labute approximate surface area is 191 Å². The maximum atomic E-state index is 7.20. The van der Waals surface area contributed by atoms with E-state index in [2.05, 4.69) is 127 Å². The first kappa shape index (κ1) is 23.8. The van der Waals surface area contributed by atoms with Crippen molar-refractivity contribution in [3.05, 3.63) is 84.5 Å². The number of allylic oxidation sites excluding steroid dienone is 3. The second-order valence-electron chi connectivity index (χ2n) is 10.8. The summed E-state index contributed by atoms with van der Waals surface area (Å²) < 4.78 is 7.20. The molecule has 0 radical (unpaired) electrons. The summed E-state index contributed by atoms with van der Waals surface area (Å²) in [6.07, 6.45) is 9.60. The normalized spacial score (nSPS) is 20.5. The molecule has 0 fully saturated rings. The van der Waals surface area contributed by atoms with Crippen molar-refractivity contribution in [2.45, 2.75) is 72.5 Å². The standard InChI is InChI=1S/C29H40OSi/c1-23-15-14-22-29(6,7)27(23)21-20-24(2)30-31(28(3,4)5,25-16-10-8-11-17-25)26-18-12-9-13-19-26/h8-13,15-21,24,27H,14,22H2,1-7H3/b21-20+/t24?,27-/m1/s1. The van der Waals surface area contributed by atoms with Crippen LogP contribution in [0, 0.1) is 11.3 Å². The largest absolute Gasteiger partial charge is 0.401 e. The molecule has 2 aromatic rings. The molecule has 2 heteroatoms. The van der Waals surface area contributed by atoms with Crippen LogP contribution in [0.25, 0.3) is 0 Å². The third-order valence-electron chi connectivity index (χ3n) is 6.94. The first-order valence-corrected chi connectivity index (χ1v) is 13.6. The summed E-state index contributed by atoms with van der Waals surface area (Å²) in [6, 6.07) is 21.8. The van der Waals surface area contributed by atoms with Crippen molar-refractivity contribution in [3.63, 3.8) is 0 Å². The van der Waals surface area contributed by atoms with E-state index in [-0.39, 0.29) is 11.1 Å². The molecule has 0 amide bonds. The van der Waals surface area contributed by atoms with Crippen molar-refractivity contribution in [1.82, 2.24) is 0 Å². The van der Waals surface area contributed by atoms with Gasteiger partial charge in [0.2, 0.25) is 0 Å². The third kappa shape index (κ3) is 4.96. The van der Waals surface area contributed by atoms with Gasteiger partial charge < -0.3 is 4.43 Å². The zero-order valence-corrected chi connectivity index (χ0v) is 21.5. The highest BCUT2D eigenvalue weighted by Gasteiger charge is 2.50. The molecular weight excluding hydrogens is 392 g/mol. The molecule has 1 nitrogen and oxygen atoms in total. The van der Waals surface area contributed by atoms with Crippen LogP contribution >= 0.6 is 0 Å². The Hall–Kier alpha value is -1.90. The average Bonchev–Trinajstić information content (AvgIpc) is 2.71. The van der Waals surface area contributed by atoms with Gasteiger partial charge in [0.1, 0.15) is 0 Å². The summed E-state index contributed by atoms with van der Waals surface area (Å²) in [6.45, 7) is 16.3. The van der Waals surface area contributed by atoms with Gasteiger partial charge in [0, 0.05) is 5.92 Å². The van der Waals surface area contributed by atoms with Gasteiger partial charge in [-0.25, -0.2) is 0 Å². The molecule has 0 N–H and O–H groups in total. The molecular formula is C29H40OSi. The first-order valence-electron chi connectivity index (χ1n) is 11.7.